The summed E-state index contributed by atoms with van der Waals surface area (Å²) in [6.45, 7) is 0. The van der Waals surface area contributed by atoms with Gasteiger partial charge in [-0.15, -0.1) is 0 Å². The van der Waals surface area contributed by atoms with Crippen molar-refractivity contribution in [2.24, 2.45) is 7.05 Å². The van der Waals surface area contributed by atoms with E-state index in [1.165, 1.54) is 0 Å². The van der Waals surface area contributed by atoms with Crippen molar-refractivity contribution in [3.05, 3.63) is 18.0 Å². The first-order valence-electron chi connectivity index (χ1n) is 2.95. The molecule has 0 amide bonds. The van der Waals surface area contributed by atoms with Crippen LogP contribution in [-0.4, -0.2) is 21.8 Å². The van der Waals surface area contributed by atoms with Crippen molar-refractivity contribution >= 4 is 17.2 Å². The van der Waals surface area contributed by atoms with E-state index >= 15 is 0 Å². The third kappa shape index (κ3) is 1.33. The second-order valence-electron chi connectivity index (χ2n) is 1.98. The summed E-state index contributed by atoms with van der Waals surface area (Å²) in [6.07, 6.45) is 3.61. The lowest BCUT2D eigenvalue weighted by atomic mass is 10.4. The molecule has 0 unspecified atom stereocenters. The highest BCUT2D eigenvalue weighted by atomic mass is 32.1. The first-order valence-corrected chi connectivity index (χ1v) is 3.35. The summed E-state index contributed by atoms with van der Waals surface area (Å²) in [5, 5.41) is 6.85. The van der Waals surface area contributed by atoms with Crippen LogP contribution in [0.5, 0.6) is 0 Å². The largest absolute Gasteiger partial charge is 0.379 e. The van der Waals surface area contributed by atoms with Gasteiger partial charge in [-0.2, -0.15) is 5.10 Å². The second kappa shape index (κ2) is 2.79. The number of aromatic nitrogens is 2. The van der Waals surface area contributed by atoms with Gasteiger partial charge in [-0.05, 0) is 0 Å². The summed E-state index contributed by atoms with van der Waals surface area (Å²) >= 11 is 4.97. The summed E-state index contributed by atoms with van der Waals surface area (Å²) in [6, 6.07) is 0. The van der Waals surface area contributed by atoms with Crippen LogP contribution in [0, 0.1) is 0 Å². The van der Waals surface area contributed by atoms with Crippen molar-refractivity contribution < 1.29 is 0 Å². The molecule has 0 aliphatic rings. The van der Waals surface area contributed by atoms with Gasteiger partial charge in [0.05, 0.1) is 6.20 Å². The van der Waals surface area contributed by atoms with E-state index in [2.05, 4.69) is 10.4 Å². The number of nitrogens with one attached hydrogen (secondary N) is 1. The smallest absolute Gasteiger partial charge is 0.109 e. The van der Waals surface area contributed by atoms with Crippen LogP contribution in [0.3, 0.4) is 0 Å². The van der Waals surface area contributed by atoms with Crippen molar-refractivity contribution in [3.8, 4) is 0 Å². The molecule has 0 bridgehead atoms. The van der Waals surface area contributed by atoms with E-state index in [0.717, 1.165) is 10.6 Å². The van der Waals surface area contributed by atoms with Gasteiger partial charge in [0.1, 0.15) is 4.99 Å². The molecule has 1 aromatic heterocycles. The molecular weight excluding hydrogens is 146 g/mol. The van der Waals surface area contributed by atoms with Gasteiger partial charge in [-0.3, -0.25) is 4.68 Å². The third-order valence-electron chi connectivity index (χ3n) is 1.19. The number of thiocarbonyl (C=S) groups is 1. The van der Waals surface area contributed by atoms with Crippen molar-refractivity contribution in [3.63, 3.8) is 0 Å². The zero-order valence-electron chi connectivity index (χ0n) is 5.96. The van der Waals surface area contributed by atoms with E-state index < -0.39 is 0 Å². The van der Waals surface area contributed by atoms with Gasteiger partial charge < -0.3 is 5.32 Å². The van der Waals surface area contributed by atoms with Crippen LogP contribution < -0.4 is 5.32 Å². The number of rotatable bonds is 1. The molecule has 3 nitrogen and oxygen atoms in total. The SMILES string of the molecule is CNC(=S)c1cnn(C)c1. The number of nitrogens with zero attached hydrogens (tertiary/aromatic N) is 2. The molecule has 1 heterocycles. The van der Waals surface area contributed by atoms with Crippen LogP contribution in [0.2, 0.25) is 0 Å². The van der Waals surface area contributed by atoms with Crippen LogP contribution in [0.15, 0.2) is 12.4 Å². The average Bonchev–Trinajstić information content (AvgIpc) is 2.34. The van der Waals surface area contributed by atoms with Crippen LogP contribution in [0.25, 0.3) is 0 Å². The predicted molar refractivity (Wildman–Crippen MR) is 44.0 cm³/mol. The standard InChI is InChI=1S/C6H9N3S/c1-7-6(10)5-3-8-9(2)4-5/h3-4H,1-2H3,(H,7,10). The molecule has 4 heteroatoms. The minimum Gasteiger partial charge on any atom is -0.379 e. The molecule has 0 atom stereocenters. The van der Waals surface area contributed by atoms with Gasteiger partial charge >= 0.3 is 0 Å². The quantitative estimate of drug-likeness (QED) is 0.592. The van der Waals surface area contributed by atoms with E-state index in [9.17, 15) is 0 Å². The highest BCUT2D eigenvalue weighted by Crippen LogP contribution is 1.95. The first kappa shape index (κ1) is 7.21. The van der Waals surface area contributed by atoms with E-state index in [1.807, 2.05) is 13.2 Å². The van der Waals surface area contributed by atoms with Gasteiger partial charge in [-0.25, -0.2) is 0 Å². The van der Waals surface area contributed by atoms with E-state index in [1.54, 1.807) is 17.9 Å². The molecule has 1 rings (SSSR count). The molecule has 0 fully saturated rings. The fourth-order valence-electron chi connectivity index (χ4n) is 0.683. The molecule has 0 aromatic carbocycles. The second-order valence-corrected chi connectivity index (χ2v) is 2.39. The lowest BCUT2D eigenvalue weighted by Crippen LogP contribution is -2.15. The maximum absolute atomic E-state index is 4.97. The molecule has 1 aromatic rings. The Labute approximate surface area is 65.0 Å². The Hall–Kier alpha value is -0.900. The molecule has 0 saturated carbocycles. The van der Waals surface area contributed by atoms with Crippen molar-refractivity contribution in [1.82, 2.24) is 15.1 Å². The summed E-state index contributed by atoms with van der Waals surface area (Å²) in [5.74, 6) is 0. The van der Waals surface area contributed by atoms with Crippen molar-refractivity contribution in [2.75, 3.05) is 7.05 Å². The summed E-state index contributed by atoms with van der Waals surface area (Å²) in [5.41, 5.74) is 0.958. The fraction of sp³-hybridized carbons (Fsp3) is 0.333. The van der Waals surface area contributed by atoms with Crippen LogP contribution in [0.1, 0.15) is 5.56 Å². The monoisotopic (exact) mass is 155 g/mol. The van der Waals surface area contributed by atoms with Crippen LogP contribution in [0.4, 0.5) is 0 Å². The van der Waals surface area contributed by atoms with E-state index in [-0.39, 0.29) is 0 Å². The number of hydrogen-bond donors (Lipinski definition) is 1. The van der Waals surface area contributed by atoms with Gasteiger partial charge in [0, 0.05) is 25.9 Å². The molecule has 0 aliphatic carbocycles. The molecular formula is C6H9N3S. The minimum atomic E-state index is 0.730. The average molecular weight is 155 g/mol. The summed E-state index contributed by atoms with van der Waals surface area (Å²) in [7, 11) is 3.66. The summed E-state index contributed by atoms with van der Waals surface area (Å²) < 4.78 is 1.72. The molecule has 0 radical (unpaired) electrons. The number of aryl methyl sites for hydroxylation is 1. The normalized spacial score (nSPS) is 9.40. The Morgan fingerprint density at radius 1 is 1.80 bits per heavy atom. The molecule has 10 heavy (non-hydrogen) atoms. The maximum Gasteiger partial charge on any atom is 0.109 e. The lowest BCUT2D eigenvalue weighted by molar-refractivity contribution is 0.767. The molecule has 0 aliphatic heterocycles. The first-order chi connectivity index (χ1) is 4.74. The maximum atomic E-state index is 4.97. The van der Waals surface area contributed by atoms with E-state index in [4.69, 9.17) is 12.2 Å². The topological polar surface area (TPSA) is 29.9 Å². The zero-order valence-corrected chi connectivity index (χ0v) is 6.77. The third-order valence-corrected chi connectivity index (χ3v) is 1.63. The minimum absolute atomic E-state index is 0.730. The van der Waals surface area contributed by atoms with Crippen molar-refractivity contribution in [1.29, 1.82) is 0 Å². The molecule has 1 N–H and O–H groups in total. The fourth-order valence-corrected chi connectivity index (χ4v) is 0.788. The molecule has 0 saturated heterocycles. The Morgan fingerprint density at radius 3 is 2.90 bits per heavy atom. The molecule has 54 valence electrons. The van der Waals surface area contributed by atoms with Gasteiger partial charge in [0.2, 0.25) is 0 Å². The van der Waals surface area contributed by atoms with Gasteiger partial charge in [-0.1, -0.05) is 12.2 Å². The molecule has 0 spiro atoms. The predicted octanol–water partition coefficient (Wildman–Crippen LogP) is 0.315. The van der Waals surface area contributed by atoms with Crippen LogP contribution in [-0.2, 0) is 7.05 Å². The van der Waals surface area contributed by atoms with Crippen LogP contribution >= 0.6 is 12.2 Å². The van der Waals surface area contributed by atoms with Crippen molar-refractivity contribution in [2.45, 2.75) is 0 Å². The van der Waals surface area contributed by atoms with E-state index in [0.29, 0.717) is 0 Å². The highest BCUT2D eigenvalue weighted by molar-refractivity contribution is 7.80. The summed E-state index contributed by atoms with van der Waals surface area (Å²) in [4.78, 5) is 0.730. The van der Waals surface area contributed by atoms with Gasteiger partial charge in [0.15, 0.2) is 0 Å². The zero-order chi connectivity index (χ0) is 7.56. The lowest BCUT2D eigenvalue weighted by Gasteiger charge is -1.95. The Bertz CT molecular complexity index is 241. The highest BCUT2D eigenvalue weighted by Gasteiger charge is 1.98. The Morgan fingerprint density at radius 2 is 2.50 bits per heavy atom. The Balaban J connectivity index is 2.85. The van der Waals surface area contributed by atoms with Gasteiger partial charge in [0.25, 0.3) is 0 Å². The Kier molecular flexibility index (Phi) is 2.01. The number of hydrogen-bond acceptors (Lipinski definition) is 2.